The predicted octanol–water partition coefficient (Wildman–Crippen LogP) is 2.78. The second-order valence-electron chi connectivity index (χ2n) is 4.40. The van der Waals surface area contributed by atoms with E-state index in [-0.39, 0.29) is 12.4 Å². The molecule has 1 N–H and O–H groups in total. The summed E-state index contributed by atoms with van der Waals surface area (Å²) in [6, 6.07) is 7.40. The van der Waals surface area contributed by atoms with Crippen molar-refractivity contribution in [3.63, 3.8) is 0 Å². The normalized spacial score (nSPS) is 13.2. The van der Waals surface area contributed by atoms with Gasteiger partial charge in [-0.3, -0.25) is 0 Å². The highest BCUT2D eigenvalue weighted by Gasteiger charge is 2.11. The first-order chi connectivity index (χ1) is 9.33. The molecule has 0 bridgehead atoms. The minimum Gasteiger partial charge on any atom is -0.484 e. The first-order valence-corrected chi connectivity index (χ1v) is 6.62. The fourth-order valence-corrected chi connectivity index (χ4v) is 2.24. The van der Waals surface area contributed by atoms with E-state index in [9.17, 15) is 0 Å². The van der Waals surface area contributed by atoms with Crippen LogP contribution in [0.3, 0.4) is 0 Å². The van der Waals surface area contributed by atoms with Crippen LogP contribution in [-0.4, -0.2) is 16.5 Å². The van der Waals surface area contributed by atoms with Crippen molar-refractivity contribution in [3.8, 4) is 5.75 Å². The number of nitrogens with zero attached hydrogens (tertiary/aromatic N) is 2. The lowest BCUT2D eigenvalue weighted by atomic mass is 10.1. The first kappa shape index (κ1) is 15.0. The summed E-state index contributed by atoms with van der Waals surface area (Å²) < 4.78 is 5.64. The van der Waals surface area contributed by atoms with Crippen molar-refractivity contribution in [1.29, 1.82) is 0 Å². The highest BCUT2D eigenvalue weighted by Crippen LogP contribution is 2.23. The Kier molecular flexibility index (Phi) is 5.17. The van der Waals surface area contributed by atoms with Gasteiger partial charge in [0.2, 0.25) is 0 Å². The van der Waals surface area contributed by atoms with Crippen LogP contribution >= 0.6 is 24.0 Å². The molecule has 0 unspecified atom stereocenters. The average molecular weight is 312 g/mol. The summed E-state index contributed by atoms with van der Waals surface area (Å²) in [5, 5.41) is 3.90. The van der Waals surface area contributed by atoms with Crippen LogP contribution in [0.1, 0.15) is 17.1 Å². The highest BCUT2D eigenvalue weighted by molar-refractivity contribution is 6.32. The largest absolute Gasteiger partial charge is 0.484 e. The van der Waals surface area contributed by atoms with Crippen LogP contribution in [0.15, 0.2) is 30.5 Å². The monoisotopic (exact) mass is 311 g/mol. The van der Waals surface area contributed by atoms with Gasteiger partial charge in [0, 0.05) is 37.0 Å². The molecule has 1 aliphatic rings. The lowest BCUT2D eigenvalue weighted by Crippen LogP contribution is -2.25. The van der Waals surface area contributed by atoms with E-state index in [1.165, 1.54) is 5.56 Å². The van der Waals surface area contributed by atoms with Crippen molar-refractivity contribution in [3.05, 3.63) is 52.6 Å². The van der Waals surface area contributed by atoms with E-state index in [2.05, 4.69) is 15.3 Å². The number of aromatic nitrogens is 2. The average Bonchev–Trinajstić information content (AvgIpc) is 2.46. The van der Waals surface area contributed by atoms with Crippen molar-refractivity contribution in [1.82, 2.24) is 15.3 Å². The van der Waals surface area contributed by atoms with E-state index in [0.717, 1.165) is 25.2 Å². The molecule has 0 saturated carbocycles. The second kappa shape index (κ2) is 6.88. The zero-order chi connectivity index (χ0) is 13.1. The Labute approximate surface area is 129 Å². The van der Waals surface area contributed by atoms with Gasteiger partial charge in [-0.1, -0.05) is 23.7 Å². The van der Waals surface area contributed by atoms with Crippen LogP contribution in [0.5, 0.6) is 5.75 Å². The van der Waals surface area contributed by atoms with Gasteiger partial charge in [-0.15, -0.1) is 12.4 Å². The summed E-state index contributed by atoms with van der Waals surface area (Å²) in [7, 11) is 0. The van der Waals surface area contributed by atoms with Crippen LogP contribution in [0.4, 0.5) is 0 Å². The van der Waals surface area contributed by atoms with Crippen LogP contribution in [0.25, 0.3) is 0 Å². The van der Waals surface area contributed by atoms with E-state index in [0.29, 0.717) is 23.2 Å². The molecule has 2 heterocycles. The Balaban J connectivity index is 0.00000147. The van der Waals surface area contributed by atoms with E-state index in [1.54, 1.807) is 6.07 Å². The van der Waals surface area contributed by atoms with Crippen molar-refractivity contribution >= 4 is 24.0 Å². The number of nitrogens with one attached hydrogen (secondary N) is 1. The van der Waals surface area contributed by atoms with E-state index >= 15 is 0 Å². The molecule has 4 nitrogen and oxygen atoms in total. The summed E-state index contributed by atoms with van der Waals surface area (Å²) in [5.74, 6) is 1.35. The SMILES string of the molecule is Cl.Clc1ccccc1OCc1ncc2c(n1)CCNC2. The van der Waals surface area contributed by atoms with Crippen molar-refractivity contribution in [2.24, 2.45) is 0 Å². The maximum atomic E-state index is 6.03. The second-order valence-corrected chi connectivity index (χ2v) is 4.81. The van der Waals surface area contributed by atoms with E-state index in [4.69, 9.17) is 16.3 Å². The lowest BCUT2D eigenvalue weighted by Gasteiger charge is -2.16. The minimum atomic E-state index is 0. The number of benzene rings is 1. The summed E-state index contributed by atoms with van der Waals surface area (Å²) >= 11 is 6.03. The van der Waals surface area contributed by atoms with Gasteiger partial charge < -0.3 is 10.1 Å². The van der Waals surface area contributed by atoms with E-state index in [1.807, 2.05) is 24.4 Å². The summed E-state index contributed by atoms with van der Waals surface area (Å²) in [6.07, 6.45) is 2.82. The minimum absolute atomic E-state index is 0. The third kappa shape index (κ3) is 3.39. The number of rotatable bonds is 3. The molecule has 0 fully saturated rings. The smallest absolute Gasteiger partial charge is 0.166 e. The zero-order valence-electron chi connectivity index (χ0n) is 10.8. The summed E-state index contributed by atoms with van der Waals surface area (Å²) in [4.78, 5) is 8.86. The molecule has 0 aliphatic carbocycles. The van der Waals surface area contributed by atoms with Gasteiger partial charge in [0.25, 0.3) is 0 Å². The molecular weight excluding hydrogens is 297 g/mol. The zero-order valence-corrected chi connectivity index (χ0v) is 12.4. The molecule has 3 rings (SSSR count). The van der Waals surface area contributed by atoms with Crippen LogP contribution < -0.4 is 10.1 Å². The number of hydrogen-bond acceptors (Lipinski definition) is 4. The third-order valence-corrected chi connectivity index (χ3v) is 3.36. The van der Waals surface area contributed by atoms with Gasteiger partial charge in [-0.2, -0.15) is 0 Å². The van der Waals surface area contributed by atoms with Crippen molar-refractivity contribution in [2.45, 2.75) is 19.6 Å². The topological polar surface area (TPSA) is 47.0 Å². The maximum Gasteiger partial charge on any atom is 0.166 e. The predicted molar refractivity (Wildman–Crippen MR) is 80.5 cm³/mol. The molecule has 2 aromatic rings. The third-order valence-electron chi connectivity index (χ3n) is 3.05. The summed E-state index contributed by atoms with van der Waals surface area (Å²) in [5.41, 5.74) is 2.29. The Morgan fingerprint density at radius 3 is 3.00 bits per heavy atom. The van der Waals surface area contributed by atoms with E-state index < -0.39 is 0 Å². The molecule has 1 aromatic heterocycles. The Morgan fingerprint density at radius 1 is 1.30 bits per heavy atom. The Bertz CT molecular complexity index is 592. The number of fused-ring (bicyclic) bond motifs is 1. The van der Waals surface area contributed by atoms with Crippen LogP contribution in [0.2, 0.25) is 5.02 Å². The lowest BCUT2D eigenvalue weighted by molar-refractivity contribution is 0.295. The first-order valence-electron chi connectivity index (χ1n) is 6.24. The molecule has 106 valence electrons. The number of para-hydroxylation sites is 1. The van der Waals surface area contributed by atoms with Gasteiger partial charge in [-0.05, 0) is 12.1 Å². The maximum absolute atomic E-state index is 6.03. The fraction of sp³-hybridized carbons (Fsp3) is 0.286. The van der Waals surface area contributed by atoms with Crippen molar-refractivity contribution in [2.75, 3.05) is 6.54 Å². The van der Waals surface area contributed by atoms with Gasteiger partial charge in [0.1, 0.15) is 12.4 Å². The molecule has 1 aromatic carbocycles. The van der Waals surface area contributed by atoms with Gasteiger partial charge in [0.15, 0.2) is 5.82 Å². The molecule has 0 amide bonds. The Hall–Kier alpha value is -1.36. The molecule has 1 aliphatic heterocycles. The van der Waals surface area contributed by atoms with Gasteiger partial charge in [0.05, 0.1) is 5.02 Å². The number of ether oxygens (including phenoxy) is 1. The highest BCUT2D eigenvalue weighted by atomic mass is 35.5. The van der Waals surface area contributed by atoms with Crippen molar-refractivity contribution < 1.29 is 4.74 Å². The number of halogens is 2. The molecule has 0 saturated heterocycles. The summed E-state index contributed by atoms with van der Waals surface area (Å²) in [6.45, 7) is 2.15. The quantitative estimate of drug-likeness (QED) is 0.947. The molecular formula is C14H15Cl2N3O. The molecule has 20 heavy (non-hydrogen) atoms. The van der Waals surface area contributed by atoms with Crippen LogP contribution in [0, 0.1) is 0 Å². The Morgan fingerprint density at radius 2 is 2.15 bits per heavy atom. The standard InChI is InChI=1S/C14H14ClN3O.ClH/c15-11-3-1-2-4-13(11)19-9-14-17-8-10-7-16-6-5-12(10)18-14;/h1-4,8,16H,5-7,9H2;1H. The van der Waals surface area contributed by atoms with Gasteiger partial charge >= 0.3 is 0 Å². The molecule has 0 spiro atoms. The number of hydrogen-bond donors (Lipinski definition) is 1. The molecule has 6 heteroatoms. The van der Waals surface area contributed by atoms with Crippen LogP contribution in [-0.2, 0) is 19.6 Å². The molecule has 0 radical (unpaired) electrons. The fourth-order valence-electron chi connectivity index (χ4n) is 2.05. The van der Waals surface area contributed by atoms with Gasteiger partial charge in [-0.25, -0.2) is 9.97 Å². The molecule has 0 atom stereocenters.